The van der Waals surface area contributed by atoms with Crippen LogP contribution in [0.25, 0.3) is 10.9 Å². The Morgan fingerprint density at radius 1 is 1.47 bits per heavy atom. The molecule has 0 N–H and O–H groups in total. The fraction of sp³-hybridized carbons (Fsp3) is 0.100. The Morgan fingerprint density at radius 3 is 2.87 bits per heavy atom. The maximum Gasteiger partial charge on any atom is 0.306 e. The molecule has 1 aromatic heterocycles. The van der Waals surface area contributed by atoms with Gasteiger partial charge in [-0.25, -0.2) is 4.98 Å². The Hall–Kier alpha value is -1.68. The quantitative estimate of drug-likeness (QED) is 0.550. The Labute approximate surface area is 90.7 Å². The van der Waals surface area contributed by atoms with Crippen molar-refractivity contribution < 1.29 is 4.92 Å². The molecule has 0 amide bonds. The maximum absolute atomic E-state index is 10.7. The van der Waals surface area contributed by atoms with E-state index in [-0.39, 0.29) is 10.7 Å². The molecule has 76 valence electrons. The minimum atomic E-state index is -0.527. The minimum Gasteiger partial charge on any atom is -0.258 e. The zero-order valence-corrected chi connectivity index (χ0v) is 8.65. The normalized spacial score (nSPS) is 10.5. The van der Waals surface area contributed by atoms with Crippen LogP contribution < -0.4 is 0 Å². The lowest BCUT2D eigenvalue weighted by molar-refractivity contribution is -0.384. The van der Waals surface area contributed by atoms with Crippen LogP contribution in [0.4, 0.5) is 5.69 Å². The number of pyridine rings is 1. The van der Waals surface area contributed by atoms with E-state index in [4.69, 9.17) is 11.6 Å². The van der Waals surface area contributed by atoms with Gasteiger partial charge in [0.1, 0.15) is 11.2 Å². The van der Waals surface area contributed by atoms with E-state index in [1.165, 1.54) is 6.20 Å². The van der Waals surface area contributed by atoms with Crippen LogP contribution in [0.3, 0.4) is 0 Å². The summed E-state index contributed by atoms with van der Waals surface area (Å²) >= 11 is 5.96. The first-order valence-electron chi connectivity index (χ1n) is 4.29. The van der Waals surface area contributed by atoms with E-state index >= 15 is 0 Å². The first-order chi connectivity index (χ1) is 7.11. The monoisotopic (exact) mass is 222 g/mol. The Balaban J connectivity index is 2.89. The summed E-state index contributed by atoms with van der Waals surface area (Å²) in [6.45, 7) is 1.85. The van der Waals surface area contributed by atoms with Gasteiger partial charge in [-0.2, -0.15) is 0 Å². The molecule has 2 aromatic rings. The van der Waals surface area contributed by atoms with Crippen LogP contribution in [-0.4, -0.2) is 9.91 Å². The molecule has 0 spiro atoms. The van der Waals surface area contributed by atoms with E-state index in [1.807, 2.05) is 19.1 Å². The molecule has 15 heavy (non-hydrogen) atoms. The van der Waals surface area contributed by atoms with Crippen molar-refractivity contribution in [2.24, 2.45) is 0 Å². The lowest BCUT2D eigenvalue weighted by Crippen LogP contribution is -1.92. The summed E-state index contributed by atoms with van der Waals surface area (Å²) in [6, 6.07) is 5.46. The molecule has 2 rings (SSSR count). The van der Waals surface area contributed by atoms with Gasteiger partial charge in [0.2, 0.25) is 0 Å². The lowest BCUT2D eigenvalue weighted by atomic mass is 10.1. The van der Waals surface area contributed by atoms with E-state index in [0.29, 0.717) is 10.9 Å². The summed E-state index contributed by atoms with van der Waals surface area (Å²) in [7, 11) is 0. The average molecular weight is 223 g/mol. The molecule has 0 radical (unpaired) electrons. The van der Waals surface area contributed by atoms with Gasteiger partial charge >= 0.3 is 5.69 Å². The predicted octanol–water partition coefficient (Wildman–Crippen LogP) is 3.10. The molecule has 4 nitrogen and oxygen atoms in total. The number of fused-ring (bicyclic) bond motifs is 1. The van der Waals surface area contributed by atoms with Crippen molar-refractivity contribution >= 4 is 28.2 Å². The van der Waals surface area contributed by atoms with Crippen molar-refractivity contribution in [3.63, 3.8) is 0 Å². The van der Waals surface area contributed by atoms with Gasteiger partial charge in [0.15, 0.2) is 0 Å². The van der Waals surface area contributed by atoms with Gasteiger partial charge in [-0.1, -0.05) is 23.7 Å². The molecule has 0 saturated carbocycles. The summed E-state index contributed by atoms with van der Waals surface area (Å²) in [5.41, 5.74) is 1.40. The van der Waals surface area contributed by atoms with E-state index in [0.717, 1.165) is 5.56 Å². The summed E-state index contributed by atoms with van der Waals surface area (Å²) in [5.74, 6) is 0. The highest BCUT2D eigenvalue weighted by Gasteiger charge is 2.16. The molecule has 0 saturated heterocycles. The first kappa shape index (κ1) is 9.86. The topological polar surface area (TPSA) is 56.0 Å². The molecule has 0 bridgehead atoms. The van der Waals surface area contributed by atoms with Gasteiger partial charge in [0.25, 0.3) is 0 Å². The standard InChI is InChI=1S/C10H7ClN2O2/c1-6-3-2-4-7-9(6)10(11)8(5-12-7)13(14)15/h2-5H,1H3. The summed E-state index contributed by atoms with van der Waals surface area (Å²) < 4.78 is 0. The van der Waals surface area contributed by atoms with E-state index in [9.17, 15) is 10.1 Å². The Kier molecular flexibility index (Phi) is 2.28. The molecule has 0 fully saturated rings. The molecule has 1 aromatic carbocycles. The van der Waals surface area contributed by atoms with Crippen LogP contribution in [0.15, 0.2) is 24.4 Å². The predicted molar refractivity (Wildman–Crippen MR) is 58.1 cm³/mol. The zero-order chi connectivity index (χ0) is 11.0. The number of rotatable bonds is 1. The van der Waals surface area contributed by atoms with E-state index < -0.39 is 4.92 Å². The Bertz CT molecular complexity index is 554. The fourth-order valence-corrected chi connectivity index (χ4v) is 1.85. The molecule has 0 atom stereocenters. The first-order valence-corrected chi connectivity index (χ1v) is 4.67. The number of aryl methyl sites for hydroxylation is 1. The van der Waals surface area contributed by atoms with Gasteiger partial charge < -0.3 is 0 Å². The molecule has 5 heteroatoms. The number of halogens is 1. The molecule has 1 heterocycles. The second-order valence-electron chi connectivity index (χ2n) is 3.18. The van der Waals surface area contributed by atoms with Crippen LogP contribution in [-0.2, 0) is 0 Å². The molecule has 0 aliphatic heterocycles. The van der Waals surface area contributed by atoms with Gasteiger partial charge in [-0.3, -0.25) is 10.1 Å². The number of nitrogens with zero attached hydrogens (tertiary/aromatic N) is 2. The second-order valence-corrected chi connectivity index (χ2v) is 3.56. The van der Waals surface area contributed by atoms with E-state index in [2.05, 4.69) is 4.98 Å². The van der Waals surface area contributed by atoms with Crippen molar-refractivity contribution in [2.75, 3.05) is 0 Å². The summed E-state index contributed by atoms with van der Waals surface area (Å²) in [6.07, 6.45) is 1.18. The molecular formula is C10H7ClN2O2. The van der Waals surface area contributed by atoms with Crippen molar-refractivity contribution in [2.45, 2.75) is 6.92 Å². The third-order valence-electron chi connectivity index (χ3n) is 2.22. The largest absolute Gasteiger partial charge is 0.306 e. The molecule has 0 aliphatic carbocycles. The zero-order valence-electron chi connectivity index (χ0n) is 7.90. The van der Waals surface area contributed by atoms with Crippen LogP contribution in [0, 0.1) is 17.0 Å². The van der Waals surface area contributed by atoms with Crippen molar-refractivity contribution in [1.29, 1.82) is 0 Å². The number of hydrogen-bond donors (Lipinski definition) is 0. The number of aromatic nitrogens is 1. The smallest absolute Gasteiger partial charge is 0.258 e. The van der Waals surface area contributed by atoms with Gasteiger partial charge in [-0.15, -0.1) is 0 Å². The molecule has 0 aliphatic rings. The van der Waals surface area contributed by atoms with Gasteiger partial charge in [-0.05, 0) is 18.6 Å². The summed E-state index contributed by atoms with van der Waals surface area (Å²) in [5, 5.41) is 11.5. The van der Waals surface area contributed by atoms with Crippen molar-refractivity contribution in [3.8, 4) is 0 Å². The SMILES string of the molecule is Cc1cccc2ncc([N+](=O)[O-])c(Cl)c12. The minimum absolute atomic E-state index is 0.154. The van der Waals surface area contributed by atoms with Crippen molar-refractivity contribution in [1.82, 2.24) is 4.98 Å². The van der Waals surface area contributed by atoms with Gasteiger partial charge in [0, 0.05) is 5.39 Å². The lowest BCUT2D eigenvalue weighted by Gasteiger charge is -2.03. The number of nitro groups is 1. The highest BCUT2D eigenvalue weighted by molar-refractivity contribution is 6.37. The Morgan fingerprint density at radius 2 is 2.20 bits per heavy atom. The number of benzene rings is 1. The number of hydrogen-bond acceptors (Lipinski definition) is 3. The fourth-order valence-electron chi connectivity index (χ4n) is 1.49. The third kappa shape index (κ3) is 1.53. The highest BCUT2D eigenvalue weighted by Crippen LogP contribution is 2.32. The van der Waals surface area contributed by atoms with Crippen LogP contribution in [0.1, 0.15) is 5.56 Å². The third-order valence-corrected chi connectivity index (χ3v) is 2.60. The maximum atomic E-state index is 10.7. The second kappa shape index (κ2) is 3.47. The molecule has 0 unspecified atom stereocenters. The van der Waals surface area contributed by atoms with Gasteiger partial charge in [0.05, 0.1) is 10.4 Å². The van der Waals surface area contributed by atoms with Crippen LogP contribution in [0.2, 0.25) is 5.02 Å². The summed E-state index contributed by atoms with van der Waals surface area (Å²) in [4.78, 5) is 14.1. The average Bonchev–Trinajstić information content (AvgIpc) is 2.17. The van der Waals surface area contributed by atoms with Crippen molar-refractivity contribution in [3.05, 3.63) is 45.1 Å². The van der Waals surface area contributed by atoms with Crippen LogP contribution >= 0.6 is 11.6 Å². The molecular weight excluding hydrogens is 216 g/mol. The van der Waals surface area contributed by atoms with Crippen LogP contribution in [0.5, 0.6) is 0 Å². The van der Waals surface area contributed by atoms with E-state index in [1.54, 1.807) is 6.07 Å². The highest BCUT2D eigenvalue weighted by atomic mass is 35.5.